The second-order valence-electron chi connectivity index (χ2n) is 4.83. The van der Waals surface area contributed by atoms with E-state index < -0.39 is 0 Å². The zero-order chi connectivity index (χ0) is 13.4. The zero-order valence-corrected chi connectivity index (χ0v) is 11.7. The van der Waals surface area contributed by atoms with Crippen LogP contribution in [0.5, 0.6) is 0 Å². The molecule has 1 saturated carbocycles. The molecule has 3 rings (SSSR count). The Hall–Kier alpha value is -1.63. The van der Waals surface area contributed by atoms with Crippen LogP contribution in [-0.4, -0.2) is 26.7 Å². The molecule has 1 N–H and O–H groups in total. The third-order valence-corrected chi connectivity index (χ3v) is 4.78. The fourth-order valence-corrected chi connectivity index (χ4v) is 3.17. The van der Waals surface area contributed by atoms with Crippen molar-refractivity contribution in [2.45, 2.75) is 45.3 Å². The van der Waals surface area contributed by atoms with Gasteiger partial charge in [0.2, 0.25) is 4.96 Å². The van der Waals surface area contributed by atoms with Crippen LogP contribution < -0.4 is 5.32 Å². The maximum absolute atomic E-state index is 11.7. The first-order chi connectivity index (χ1) is 9.15. The number of carbonyl (C=O) groups is 1. The molecule has 1 aliphatic carbocycles. The monoisotopic (exact) mass is 280 g/mol. The molecule has 2 aromatic rings. The van der Waals surface area contributed by atoms with Gasteiger partial charge in [-0.25, -0.2) is 14.3 Å². The summed E-state index contributed by atoms with van der Waals surface area (Å²) in [6.45, 7) is 3.83. The Labute approximate surface area is 114 Å². The van der Waals surface area contributed by atoms with Crippen LogP contribution in [0.25, 0.3) is 4.96 Å². The number of ether oxygens (including phenoxy) is 1. The summed E-state index contributed by atoms with van der Waals surface area (Å²) in [4.78, 5) is 17.7. The maximum Gasteiger partial charge on any atom is 0.407 e. The van der Waals surface area contributed by atoms with Crippen molar-refractivity contribution in [1.29, 1.82) is 0 Å². The lowest BCUT2D eigenvalue weighted by Gasteiger charge is -2.26. The third-order valence-electron chi connectivity index (χ3n) is 3.47. The summed E-state index contributed by atoms with van der Waals surface area (Å²) in [5.74, 6) is 0. The summed E-state index contributed by atoms with van der Waals surface area (Å²) in [5.41, 5.74) is 0.974. The number of hydrogen-bond donors (Lipinski definition) is 1. The number of hydrogen-bond acceptors (Lipinski definition) is 5. The summed E-state index contributed by atoms with van der Waals surface area (Å²) >= 11 is 1.50. The molecule has 0 bridgehead atoms. The van der Waals surface area contributed by atoms with Crippen molar-refractivity contribution >= 4 is 22.4 Å². The highest BCUT2D eigenvalue weighted by molar-refractivity contribution is 7.17. The molecule has 19 heavy (non-hydrogen) atoms. The number of thiazole rings is 1. The predicted molar refractivity (Wildman–Crippen MR) is 71.3 cm³/mol. The number of rotatable bonds is 3. The first-order valence-electron chi connectivity index (χ1n) is 6.41. The lowest BCUT2D eigenvalue weighted by molar-refractivity contribution is 0.101. The van der Waals surface area contributed by atoms with Crippen LogP contribution in [0, 0.1) is 6.92 Å². The second kappa shape index (κ2) is 4.80. The standard InChI is InChI=1S/C12H16N4O2S/c1-7-10(19-11-13-6-14-16(7)11)8(2)18-12(17)15-9-4-3-5-9/h6,8-9H,3-5H2,1-2H3,(H,15,17). The molecule has 1 fully saturated rings. The molecule has 6 nitrogen and oxygen atoms in total. The topological polar surface area (TPSA) is 68.5 Å². The summed E-state index contributed by atoms with van der Waals surface area (Å²) in [6, 6.07) is 0.295. The molecule has 2 heterocycles. The number of carbonyl (C=O) groups excluding carboxylic acids is 1. The zero-order valence-electron chi connectivity index (χ0n) is 10.9. The molecule has 0 spiro atoms. The van der Waals surface area contributed by atoms with Gasteiger partial charge in [0.25, 0.3) is 0 Å². The van der Waals surface area contributed by atoms with Crippen LogP contribution in [0.15, 0.2) is 6.33 Å². The van der Waals surface area contributed by atoms with Gasteiger partial charge in [-0.2, -0.15) is 5.10 Å². The van der Waals surface area contributed by atoms with Crippen LogP contribution in [0.4, 0.5) is 4.79 Å². The number of amides is 1. The van der Waals surface area contributed by atoms with Crippen molar-refractivity contribution in [2.75, 3.05) is 0 Å². The number of aromatic nitrogens is 3. The Bertz CT molecular complexity index is 602. The smallest absolute Gasteiger partial charge is 0.407 e. The molecule has 102 valence electrons. The van der Waals surface area contributed by atoms with Crippen molar-refractivity contribution in [3.63, 3.8) is 0 Å². The number of nitrogens with zero attached hydrogens (tertiary/aromatic N) is 3. The normalized spacial score (nSPS) is 17.2. The van der Waals surface area contributed by atoms with E-state index in [1.165, 1.54) is 24.1 Å². The number of aryl methyl sites for hydroxylation is 1. The van der Waals surface area contributed by atoms with Gasteiger partial charge in [-0.15, -0.1) is 0 Å². The van der Waals surface area contributed by atoms with Crippen molar-refractivity contribution in [3.8, 4) is 0 Å². The molecular formula is C12H16N4O2S. The van der Waals surface area contributed by atoms with E-state index in [-0.39, 0.29) is 12.2 Å². The van der Waals surface area contributed by atoms with Gasteiger partial charge in [0.15, 0.2) is 0 Å². The second-order valence-corrected chi connectivity index (χ2v) is 5.83. The van der Waals surface area contributed by atoms with Gasteiger partial charge in [-0.3, -0.25) is 0 Å². The minimum absolute atomic E-state index is 0.284. The van der Waals surface area contributed by atoms with Crippen molar-refractivity contribution in [1.82, 2.24) is 19.9 Å². The molecule has 1 aliphatic rings. The maximum atomic E-state index is 11.7. The van der Waals surface area contributed by atoms with Gasteiger partial charge in [-0.05, 0) is 33.1 Å². The van der Waals surface area contributed by atoms with Gasteiger partial charge in [0.1, 0.15) is 12.4 Å². The van der Waals surface area contributed by atoms with Crippen LogP contribution in [0.1, 0.15) is 42.9 Å². The first-order valence-corrected chi connectivity index (χ1v) is 7.23. The Balaban J connectivity index is 1.68. The molecule has 1 unspecified atom stereocenters. The SMILES string of the molecule is Cc1c(C(C)OC(=O)NC2CCC2)sc2ncnn12. The Morgan fingerprint density at radius 2 is 2.42 bits per heavy atom. The van der Waals surface area contributed by atoms with Crippen LogP contribution in [0.2, 0.25) is 0 Å². The van der Waals surface area contributed by atoms with E-state index in [1.54, 1.807) is 4.52 Å². The van der Waals surface area contributed by atoms with Gasteiger partial charge >= 0.3 is 6.09 Å². The number of fused-ring (bicyclic) bond motifs is 1. The molecule has 0 saturated heterocycles. The van der Waals surface area contributed by atoms with Gasteiger partial charge < -0.3 is 10.1 Å². The molecule has 2 aromatic heterocycles. The molecule has 0 aromatic carbocycles. The van der Waals surface area contributed by atoms with Gasteiger partial charge in [-0.1, -0.05) is 11.3 Å². The first kappa shape index (κ1) is 12.4. The van der Waals surface area contributed by atoms with Gasteiger partial charge in [0.05, 0.1) is 10.6 Å². The highest BCUT2D eigenvalue weighted by Gasteiger charge is 2.23. The average Bonchev–Trinajstić information content (AvgIpc) is 2.87. The van der Waals surface area contributed by atoms with Crippen molar-refractivity contribution in [3.05, 3.63) is 16.9 Å². The highest BCUT2D eigenvalue weighted by Crippen LogP contribution is 2.29. The molecule has 1 amide bonds. The minimum Gasteiger partial charge on any atom is -0.441 e. The van der Waals surface area contributed by atoms with E-state index >= 15 is 0 Å². The lowest BCUT2D eigenvalue weighted by Crippen LogP contribution is -2.40. The van der Waals surface area contributed by atoms with E-state index in [2.05, 4.69) is 15.4 Å². The molecule has 0 radical (unpaired) electrons. The molecule has 7 heteroatoms. The Morgan fingerprint density at radius 1 is 1.63 bits per heavy atom. The van der Waals surface area contributed by atoms with Crippen LogP contribution in [-0.2, 0) is 4.74 Å². The van der Waals surface area contributed by atoms with E-state index in [0.29, 0.717) is 6.04 Å². The minimum atomic E-state index is -0.337. The molecule has 0 aliphatic heterocycles. The predicted octanol–water partition coefficient (Wildman–Crippen LogP) is 2.44. The van der Waals surface area contributed by atoms with Crippen molar-refractivity contribution < 1.29 is 9.53 Å². The Kier molecular flexibility index (Phi) is 3.14. The van der Waals surface area contributed by atoms with Crippen LogP contribution in [0.3, 0.4) is 0 Å². The largest absolute Gasteiger partial charge is 0.441 e. The number of nitrogens with one attached hydrogen (secondary N) is 1. The molecule has 1 atom stereocenters. The fourth-order valence-electron chi connectivity index (χ4n) is 2.15. The Morgan fingerprint density at radius 3 is 3.05 bits per heavy atom. The summed E-state index contributed by atoms with van der Waals surface area (Å²) in [6.07, 6.45) is 4.20. The average molecular weight is 280 g/mol. The van der Waals surface area contributed by atoms with Crippen molar-refractivity contribution in [2.24, 2.45) is 0 Å². The highest BCUT2D eigenvalue weighted by atomic mass is 32.1. The van der Waals surface area contributed by atoms with E-state index in [9.17, 15) is 4.79 Å². The quantitative estimate of drug-likeness (QED) is 0.937. The summed E-state index contributed by atoms with van der Waals surface area (Å²) in [5, 5.41) is 7.00. The molecular weight excluding hydrogens is 264 g/mol. The van der Waals surface area contributed by atoms with E-state index in [1.807, 2.05) is 13.8 Å². The summed E-state index contributed by atoms with van der Waals surface area (Å²) in [7, 11) is 0. The fraction of sp³-hybridized carbons (Fsp3) is 0.583. The van der Waals surface area contributed by atoms with E-state index in [0.717, 1.165) is 28.4 Å². The lowest BCUT2D eigenvalue weighted by atomic mass is 9.93. The van der Waals surface area contributed by atoms with Gasteiger partial charge in [0, 0.05) is 6.04 Å². The number of alkyl carbamates (subject to hydrolysis) is 1. The third kappa shape index (κ3) is 2.30. The summed E-state index contributed by atoms with van der Waals surface area (Å²) < 4.78 is 7.18. The van der Waals surface area contributed by atoms with E-state index in [4.69, 9.17) is 4.74 Å². The van der Waals surface area contributed by atoms with Crippen LogP contribution >= 0.6 is 11.3 Å².